The lowest BCUT2D eigenvalue weighted by Gasteiger charge is -2.12. The second-order valence-electron chi connectivity index (χ2n) is 6.99. The lowest BCUT2D eigenvalue weighted by Crippen LogP contribution is -2.34. The molecule has 0 aromatic heterocycles. The Hall–Kier alpha value is -2.78. The number of halogens is 1. The molecule has 0 unspecified atom stereocenters. The highest BCUT2D eigenvalue weighted by Gasteiger charge is 2.10. The monoisotopic (exact) mass is 543 g/mol. The van der Waals surface area contributed by atoms with E-state index in [-0.39, 0.29) is 16.9 Å². The zero-order chi connectivity index (χ0) is 22.2. The second kappa shape index (κ2) is 11.0. The van der Waals surface area contributed by atoms with Gasteiger partial charge in [-0.1, -0.05) is 42.5 Å². The van der Waals surface area contributed by atoms with Crippen LogP contribution in [0.3, 0.4) is 0 Å². The average Bonchev–Trinajstić information content (AvgIpc) is 2.75. The number of nitrogens with one attached hydrogen (secondary N) is 3. The molecule has 2 amide bonds. The zero-order valence-corrected chi connectivity index (χ0v) is 19.9. The molecule has 158 valence electrons. The minimum Gasteiger partial charge on any atom is -0.332 e. The summed E-state index contributed by atoms with van der Waals surface area (Å²) in [5.41, 5.74) is 4.10. The molecule has 0 spiro atoms. The normalized spacial score (nSPS) is 10.3. The predicted molar refractivity (Wildman–Crippen MR) is 137 cm³/mol. The molecule has 0 radical (unpaired) electrons. The summed E-state index contributed by atoms with van der Waals surface area (Å²) in [5, 5.41) is 8.75. The van der Waals surface area contributed by atoms with E-state index in [0.717, 1.165) is 14.7 Å². The Morgan fingerprint density at radius 2 is 1.61 bits per heavy atom. The first-order valence-electron chi connectivity index (χ1n) is 9.73. The van der Waals surface area contributed by atoms with E-state index in [4.69, 9.17) is 12.2 Å². The molecule has 0 fully saturated rings. The largest absolute Gasteiger partial charge is 0.332 e. The molecule has 0 saturated carbocycles. The maximum Gasteiger partial charge on any atom is 0.257 e. The molecule has 31 heavy (non-hydrogen) atoms. The first kappa shape index (κ1) is 22.9. The molecule has 0 atom stereocenters. The molecule has 3 N–H and O–H groups in total. The molecule has 3 aromatic carbocycles. The number of aryl methyl sites for hydroxylation is 2. The molecule has 0 heterocycles. The van der Waals surface area contributed by atoms with Crippen LogP contribution >= 0.6 is 34.8 Å². The quantitative estimate of drug-likeness (QED) is 0.292. The van der Waals surface area contributed by atoms with Crippen LogP contribution in [0.1, 0.15) is 27.9 Å². The van der Waals surface area contributed by atoms with Gasteiger partial charge in [0.2, 0.25) is 5.91 Å². The Labute approximate surface area is 200 Å². The highest BCUT2D eigenvalue weighted by Crippen LogP contribution is 2.16. The first-order chi connectivity index (χ1) is 14.9. The van der Waals surface area contributed by atoms with E-state index in [1.165, 1.54) is 0 Å². The highest BCUT2D eigenvalue weighted by molar-refractivity contribution is 14.1. The van der Waals surface area contributed by atoms with Gasteiger partial charge < -0.3 is 10.6 Å². The number of hydrogen-bond donors (Lipinski definition) is 3. The lowest BCUT2D eigenvalue weighted by molar-refractivity contribution is -0.116. The molecule has 0 aliphatic carbocycles. The van der Waals surface area contributed by atoms with Gasteiger partial charge in [-0.15, -0.1) is 0 Å². The van der Waals surface area contributed by atoms with Crippen molar-refractivity contribution in [1.29, 1.82) is 0 Å². The van der Waals surface area contributed by atoms with Crippen LogP contribution in [0.15, 0.2) is 72.8 Å². The Bertz CT molecular complexity index is 1100. The number of benzene rings is 3. The Balaban J connectivity index is 1.53. The fourth-order valence-corrected chi connectivity index (χ4v) is 3.60. The van der Waals surface area contributed by atoms with Crippen molar-refractivity contribution in [1.82, 2.24) is 5.32 Å². The molecule has 0 bridgehead atoms. The number of carbonyl (C=O) groups excluding carboxylic acids is 2. The Kier molecular flexibility index (Phi) is 8.13. The average molecular weight is 543 g/mol. The van der Waals surface area contributed by atoms with E-state index in [9.17, 15) is 9.59 Å². The predicted octanol–water partition coefficient (Wildman–Crippen LogP) is 5.30. The van der Waals surface area contributed by atoms with Gasteiger partial charge in [-0.2, -0.15) is 0 Å². The van der Waals surface area contributed by atoms with Gasteiger partial charge >= 0.3 is 0 Å². The maximum absolute atomic E-state index is 12.4. The van der Waals surface area contributed by atoms with Crippen LogP contribution in [0, 0.1) is 10.5 Å². The van der Waals surface area contributed by atoms with Gasteiger partial charge in [-0.3, -0.25) is 14.9 Å². The van der Waals surface area contributed by atoms with E-state index in [1.54, 1.807) is 12.1 Å². The smallest absolute Gasteiger partial charge is 0.257 e. The number of anilines is 2. The minimum absolute atomic E-state index is 0.0640. The van der Waals surface area contributed by atoms with Crippen LogP contribution < -0.4 is 16.0 Å². The van der Waals surface area contributed by atoms with E-state index in [2.05, 4.69) is 38.5 Å². The van der Waals surface area contributed by atoms with Crippen LogP contribution in [-0.2, 0) is 11.2 Å². The van der Waals surface area contributed by atoms with Crippen LogP contribution in [0.25, 0.3) is 0 Å². The van der Waals surface area contributed by atoms with Crippen LogP contribution in [-0.4, -0.2) is 16.9 Å². The Morgan fingerprint density at radius 3 is 2.32 bits per heavy atom. The van der Waals surface area contributed by atoms with Crippen LogP contribution in [0.4, 0.5) is 11.4 Å². The van der Waals surface area contributed by atoms with Gasteiger partial charge in [0.15, 0.2) is 5.11 Å². The zero-order valence-electron chi connectivity index (χ0n) is 16.9. The van der Waals surface area contributed by atoms with E-state index >= 15 is 0 Å². The lowest BCUT2D eigenvalue weighted by atomic mass is 10.1. The van der Waals surface area contributed by atoms with Crippen molar-refractivity contribution in [2.24, 2.45) is 0 Å². The van der Waals surface area contributed by atoms with Crippen molar-refractivity contribution in [2.75, 3.05) is 10.6 Å². The highest BCUT2D eigenvalue weighted by atomic mass is 127. The van der Waals surface area contributed by atoms with Crippen molar-refractivity contribution in [3.63, 3.8) is 0 Å². The van der Waals surface area contributed by atoms with Crippen LogP contribution in [0.2, 0.25) is 0 Å². The van der Waals surface area contributed by atoms with Crippen molar-refractivity contribution in [2.45, 2.75) is 19.8 Å². The third-order valence-electron chi connectivity index (χ3n) is 4.55. The third kappa shape index (κ3) is 7.15. The summed E-state index contributed by atoms with van der Waals surface area (Å²) in [5.74, 6) is -0.341. The molecule has 3 rings (SSSR count). The maximum atomic E-state index is 12.4. The number of thiocarbonyl (C=S) groups is 1. The second-order valence-corrected chi connectivity index (χ2v) is 8.56. The van der Waals surface area contributed by atoms with Gasteiger partial charge in [-0.25, -0.2) is 0 Å². The summed E-state index contributed by atoms with van der Waals surface area (Å²) < 4.78 is 1.01. The topological polar surface area (TPSA) is 70.2 Å². The molecule has 0 aliphatic rings. The van der Waals surface area contributed by atoms with Gasteiger partial charge in [0.1, 0.15) is 0 Å². The summed E-state index contributed by atoms with van der Waals surface area (Å²) in [6.07, 6.45) is 1.07. The van der Waals surface area contributed by atoms with E-state index in [1.807, 2.05) is 67.6 Å². The summed E-state index contributed by atoms with van der Waals surface area (Å²) in [6.45, 7) is 1.99. The molecule has 7 heteroatoms. The number of hydrogen-bond acceptors (Lipinski definition) is 3. The minimum atomic E-state index is -0.277. The van der Waals surface area contributed by atoms with E-state index in [0.29, 0.717) is 29.8 Å². The van der Waals surface area contributed by atoms with Gasteiger partial charge in [0.05, 0.1) is 0 Å². The molecule has 5 nitrogen and oxygen atoms in total. The molecule has 0 aliphatic heterocycles. The molecular formula is C24H22IN3O2S. The van der Waals surface area contributed by atoms with Gasteiger partial charge in [-0.05, 0) is 89.6 Å². The third-order valence-corrected chi connectivity index (χ3v) is 5.92. The number of carbonyl (C=O) groups is 2. The molecule has 0 saturated heterocycles. The van der Waals surface area contributed by atoms with Crippen molar-refractivity contribution in [3.05, 3.63) is 93.1 Å². The Morgan fingerprint density at radius 1 is 0.903 bits per heavy atom. The van der Waals surface area contributed by atoms with Crippen LogP contribution in [0.5, 0.6) is 0 Å². The number of amides is 2. The van der Waals surface area contributed by atoms with Crippen molar-refractivity contribution < 1.29 is 9.59 Å². The van der Waals surface area contributed by atoms with Crippen molar-refractivity contribution in [3.8, 4) is 0 Å². The van der Waals surface area contributed by atoms with Crippen molar-refractivity contribution >= 4 is 63.1 Å². The summed E-state index contributed by atoms with van der Waals surface area (Å²) in [7, 11) is 0. The first-order valence-corrected chi connectivity index (χ1v) is 11.2. The van der Waals surface area contributed by atoms with Gasteiger partial charge in [0, 0.05) is 26.9 Å². The summed E-state index contributed by atoms with van der Waals surface area (Å²) in [6, 6.07) is 22.6. The number of rotatable bonds is 6. The summed E-state index contributed by atoms with van der Waals surface area (Å²) in [4.78, 5) is 24.7. The summed E-state index contributed by atoms with van der Waals surface area (Å²) >= 11 is 7.46. The van der Waals surface area contributed by atoms with Gasteiger partial charge in [0.25, 0.3) is 5.91 Å². The fraction of sp³-hybridized carbons (Fsp3) is 0.125. The van der Waals surface area contributed by atoms with E-state index < -0.39 is 0 Å². The fourth-order valence-electron chi connectivity index (χ4n) is 2.87. The standard InChI is InChI=1S/C24H22IN3O2S/c1-16-10-12-18(14-21(16)25)23(30)28-24(31)27-20-9-5-8-19(15-20)26-22(29)13-11-17-6-3-2-4-7-17/h2-10,12,14-15H,11,13H2,1H3,(H,26,29)(H2,27,28,30,31). The SMILES string of the molecule is Cc1ccc(C(=O)NC(=S)Nc2cccc(NC(=O)CCc3ccccc3)c2)cc1I. The molecular weight excluding hydrogens is 521 g/mol. The molecule has 3 aromatic rings.